The van der Waals surface area contributed by atoms with Crippen molar-refractivity contribution in [3.8, 4) is 0 Å². The van der Waals surface area contributed by atoms with Crippen LogP contribution in [0.5, 0.6) is 0 Å². The normalized spacial score (nSPS) is 28.0. The van der Waals surface area contributed by atoms with E-state index in [2.05, 4.69) is 65.8 Å². The van der Waals surface area contributed by atoms with Crippen molar-refractivity contribution in [1.29, 1.82) is 0 Å². The van der Waals surface area contributed by atoms with E-state index in [0.29, 0.717) is 24.0 Å². The highest BCUT2D eigenvalue weighted by atomic mass is 16.5. The summed E-state index contributed by atoms with van der Waals surface area (Å²) in [6.45, 7) is 13.7. The van der Waals surface area contributed by atoms with Gasteiger partial charge in [-0.2, -0.15) is 0 Å². The quantitative estimate of drug-likeness (QED) is 0.675. The maximum atomic E-state index is 13.2. The van der Waals surface area contributed by atoms with E-state index in [4.69, 9.17) is 4.74 Å². The number of carbonyl (C=O) groups is 1. The van der Waals surface area contributed by atoms with Gasteiger partial charge < -0.3 is 9.64 Å². The van der Waals surface area contributed by atoms with Crippen LogP contribution in [-0.2, 0) is 16.0 Å². The number of hydrogen-bond acceptors (Lipinski definition) is 4. The molecule has 3 aliphatic heterocycles. The van der Waals surface area contributed by atoms with Crippen LogP contribution in [0.3, 0.4) is 0 Å². The standard InChI is InChI=1S/C27H43N3O2/c1-21-18-28(19-22(2)32-21)20-26-11-13-29(14-12-26)23(3)27(31)30-15-9-25(10-16-30)17-24-7-5-4-6-8-24/h4-8,21-23,25-26H,9-20H2,1-3H3. The monoisotopic (exact) mass is 441 g/mol. The number of rotatable bonds is 6. The highest BCUT2D eigenvalue weighted by molar-refractivity contribution is 5.81. The molecule has 5 nitrogen and oxygen atoms in total. The van der Waals surface area contributed by atoms with Crippen molar-refractivity contribution >= 4 is 5.91 Å². The summed E-state index contributed by atoms with van der Waals surface area (Å²) in [5.41, 5.74) is 1.43. The van der Waals surface area contributed by atoms with Crippen molar-refractivity contribution in [3.05, 3.63) is 35.9 Å². The summed E-state index contributed by atoms with van der Waals surface area (Å²) in [5, 5.41) is 0. The number of morpholine rings is 1. The zero-order valence-electron chi connectivity index (χ0n) is 20.4. The molecule has 0 saturated carbocycles. The van der Waals surface area contributed by atoms with Gasteiger partial charge in [0.2, 0.25) is 5.91 Å². The van der Waals surface area contributed by atoms with E-state index in [1.54, 1.807) is 0 Å². The van der Waals surface area contributed by atoms with Gasteiger partial charge in [0.05, 0.1) is 18.2 Å². The van der Waals surface area contributed by atoms with Crippen molar-refractivity contribution in [2.45, 2.75) is 71.1 Å². The molecule has 1 aromatic carbocycles. The van der Waals surface area contributed by atoms with Gasteiger partial charge in [-0.05, 0) is 83.4 Å². The molecule has 3 fully saturated rings. The van der Waals surface area contributed by atoms with Crippen LogP contribution < -0.4 is 0 Å². The molecule has 0 bridgehead atoms. The highest BCUT2D eigenvalue weighted by Crippen LogP contribution is 2.25. The molecule has 0 aromatic heterocycles. The molecule has 1 aromatic rings. The van der Waals surface area contributed by atoms with Crippen LogP contribution in [0.2, 0.25) is 0 Å². The first kappa shape index (κ1) is 23.7. The fourth-order valence-corrected chi connectivity index (χ4v) is 6.05. The number of nitrogens with zero attached hydrogens (tertiary/aromatic N) is 3. The predicted molar refractivity (Wildman–Crippen MR) is 130 cm³/mol. The first-order valence-corrected chi connectivity index (χ1v) is 12.9. The summed E-state index contributed by atoms with van der Waals surface area (Å²) in [5.74, 6) is 1.80. The average Bonchev–Trinajstić information content (AvgIpc) is 2.79. The third-order valence-electron chi connectivity index (χ3n) is 7.86. The predicted octanol–water partition coefficient (Wildman–Crippen LogP) is 3.68. The third-order valence-corrected chi connectivity index (χ3v) is 7.86. The second-order valence-electron chi connectivity index (χ2n) is 10.6. The summed E-state index contributed by atoms with van der Waals surface area (Å²) >= 11 is 0. The number of carbonyl (C=O) groups excluding carboxylic acids is 1. The van der Waals surface area contributed by atoms with Gasteiger partial charge in [-0.25, -0.2) is 0 Å². The average molecular weight is 442 g/mol. The Morgan fingerprint density at radius 2 is 1.53 bits per heavy atom. The number of hydrogen-bond donors (Lipinski definition) is 0. The van der Waals surface area contributed by atoms with Gasteiger partial charge in [-0.1, -0.05) is 30.3 Å². The van der Waals surface area contributed by atoms with Crippen LogP contribution in [0.4, 0.5) is 0 Å². The van der Waals surface area contributed by atoms with Crippen LogP contribution in [-0.4, -0.2) is 84.7 Å². The molecule has 4 rings (SSSR count). The summed E-state index contributed by atoms with van der Waals surface area (Å²) in [4.78, 5) is 20.3. The van der Waals surface area contributed by atoms with Crippen molar-refractivity contribution in [3.63, 3.8) is 0 Å². The molecule has 0 N–H and O–H groups in total. The molecule has 3 saturated heterocycles. The second kappa shape index (κ2) is 11.1. The first-order valence-electron chi connectivity index (χ1n) is 12.9. The molecule has 178 valence electrons. The van der Waals surface area contributed by atoms with Gasteiger partial charge in [0, 0.05) is 32.7 Å². The third kappa shape index (κ3) is 6.33. The molecule has 3 heterocycles. The Kier molecular flexibility index (Phi) is 8.25. The van der Waals surface area contributed by atoms with Crippen LogP contribution >= 0.6 is 0 Å². The highest BCUT2D eigenvalue weighted by Gasteiger charge is 2.32. The van der Waals surface area contributed by atoms with Gasteiger partial charge in [0.15, 0.2) is 0 Å². The molecular weight excluding hydrogens is 398 g/mol. The summed E-state index contributed by atoms with van der Waals surface area (Å²) in [7, 11) is 0. The first-order chi connectivity index (χ1) is 15.5. The van der Waals surface area contributed by atoms with Gasteiger partial charge >= 0.3 is 0 Å². The number of likely N-dealkylation sites (tertiary alicyclic amines) is 2. The molecule has 32 heavy (non-hydrogen) atoms. The van der Waals surface area contributed by atoms with E-state index >= 15 is 0 Å². The zero-order valence-corrected chi connectivity index (χ0v) is 20.4. The minimum atomic E-state index is 0.0186. The lowest BCUT2D eigenvalue weighted by molar-refractivity contribution is -0.138. The SMILES string of the molecule is CC1CN(CC2CCN(C(C)C(=O)N3CCC(Cc4ccccc4)CC3)CC2)CC(C)O1. The molecule has 3 aliphatic rings. The molecule has 0 spiro atoms. The Labute approximate surface area is 195 Å². The molecule has 1 amide bonds. The van der Waals surface area contributed by atoms with E-state index in [1.807, 2.05) is 0 Å². The summed E-state index contributed by atoms with van der Waals surface area (Å²) in [6, 6.07) is 10.8. The molecule has 3 atom stereocenters. The second-order valence-corrected chi connectivity index (χ2v) is 10.6. The minimum Gasteiger partial charge on any atom is -0.373 e. The lowest BCUT2D eigenvalue weighted by Crippen LogP contribution is -2.52. The Morgan fingerprint density at radius 1 is 0.938 bits per heavy atom. The zero-order chi connectivity index (χ0) is 22.5. The van der Waals surface area contributed by atoms with E-state index in [1.165, 1.54) is 24.9 Å². The molecular formula is C27H43N3O2. The Morgan fingerprint density at radius 3 is 2.16 bits per heavy atom. The van der Waals surface area contributed by atoms with Crippen LogP contribution in [0.25, 0.3) is 0 Å². The summed E-state index contributed by atoms with van der Waals surface area (Å²) in [6.07, 6.45) is 6.50. The Hall–Kier alpha value is -1.43. The lowest BCUT2D eigenvalue weighted by atomic mass is 9.90. The molecule has 3 unspecified atom stereocenters. The number of ether oxygens (including phenoxy) is 1. The van der Waals surface area contributed by atoms with E-state index in [9.17, 15) is 4.79 Å². The van der Waals surface area contributed by atoms with Crippen LogP contribution in [0.15, 0.2) is 30.3 Å². The van der Waals surface area contributed by atoms with Crippen LogP contribution in [0, 0.1) is 11.8 Å². The smallest absolute Gasteiger partial charge is 0.239 e. The number of benzene rings is 1. The van der Waals surface area contributed by atoms with E-state index < -0.39 is 0 Å². The van der Waals surface area contributed by atoms with Gasteiger partial charge in [-0.3, -0.25) is 14.6 Å². The van der Waals surface area contributed by atoms with Gasteiger partial charge in [0.1, 0.15) is 0 Å². The van der Waals surface area contributed by atoms with Gasteiger partial charge in [-0.15, -0.1) is 0 Å². The Bertz CT molecular complexity index is 701. The lowest BCUT2D eigenvalue weighted by Gasteiger charge is -2.41. The molecule has 0 aliphatic carbocycles. The molecule has 5 heteroatoms. The number of amides is 1. The van der Waals surface area contributed by atoms with Crippen molar-refractivity contribution < 1.29 is 9.53 Å². The van der Waals surface area contributed by atoms with Gasteiger partial charge in [0.25, 0.3) is 0 Å². The minimum absolute atomic E-state index is 0.0186. The molecule has 0 radical (unpaired) electrons. The van der Waals surface area contributed by atoms with E-state index in [-0.39, 0.29) is 6.04 Å². The maximum absolute atomic E-state index is 13.2. The Balaban J connectivity index is 1.18. The summed E-state index contributed by atoms with van der Waals surface area (Å²) < 4.78 is 5.88. The van der Waals surface area contributed by atoms with Crippen molar-refractivity contribution in [2.75, 3.05) is 45.8 Å². The number of piperidine rings is 2. The van der Waals surface area contributed by atoms with E-state index in [0.717, 1.165) is 64.4 Å². The largest absolute Gasteiger partial charge is 0.373 e. The van der Waals surface area contributed by atoms with Crippen molar-refractivity contribution in [2.24, 2.45) is 11.8 Å². The maximum Gasteiger partial charge on any atom is 0.239 e. The van der Waals surface area contributed by atoms with Crippen molar-refractivity contribution in [1.82, 2.24) is 14.7 Å². The fraction of sp³-hybridized carbons (Fsp3) is 0.741. The van der Waals surface area contributed by atoms with Crippen LogP contribution in [0.1, 0.15) is 52.0 Å². The fourth-order valence-electron chi connectivity index (χ4n) is 6.05. The topological polar surface area (TPSA) is 36.0 Å².